The fourth-order valence-corrected chi connectivity index (χ4v) is 4.99. The molecule has 8 atom stereocenters. The van der Waals surface area contributed by atoms with E-state index in [1.54, 1.807) is 0 Å². The van der Waals surface area contributed by atoms with Crippen molar-refractivity contribution in [3.8, 4) is 0 Å². The topological polar surface area (TPSA) is 80.3 Å². The van der Waals surface area contributed by atoms with Crippen LogP contribution >= 0.6 is 0 Å². The Morgan fingerprint density at radius 1 is 0.305 bits per heavy atom. The zero-order chi connectivity index (χ0) is 45.5. The lowest BCUT2D eigenvalue weighted by Crippen LogP contribution is -2.44. The molecule has 0 aliphatic rings. The average molecular weight is 847 g/mol. The minimum absolute atomic E-state index is 0.0379. The van der Waals surface area contributed by atoms with E-state index in [2.05, 4.69) is 148 Å². The first-order chi connectivity index (χ1) is 27.1. The molecule has 0 rings (SSSR count). The summed E-state index contributed by atoms with van der Waals surface area (Å²) in [6, 6.07) is 0. The normalized spacial score (nSPS) is 17.6. The second-order valence-electron chi connectivity index (χ2n) is 22.3. The third kappa shape index (κ3) is 31.2. The van der Waals surface area contributed by atoms with Crippen LogP contribution in [0, 0.1) is 45.3 Å². The van der Waals surface area contributed by atoms with Gasteiger partial charge >= 0.3 is 0 Å². The molecule has 0 aromatic heterocycles. The van der Waals surface area contributed by atoms with Crippen LogP contribution in [0.2, 0.25) is 0 Å². The fraction of sp³-hybridized carbons (Fsp3) is 1.00. The SMILES string of the molecule is CC(COCCN(CCOCC(C)OCC(C)C(C)(C)C)CN(CCOCC(C)OCC(C)C(C)(C)C)CCOCC(C)OCC(C)C(C)(C)C)OCC(C)C(C)(C)C. The third-order valence-corrected chi connectivity index (χ3v) is 12.5. The van der Waals surface area contributed by atoms with E-state index in [4.69, 9.17) is 37.9 Å². The number of hydrogen-bond donors (Lipinski definition) is 0. The molecule has 0 amide bonds. The van der Waals surface area contributed by atoms with Crippen LogP contribution < -0.4 is 0 Å². The highest BCUT2D eigenvalue weighted by Gasteiger charge is 2.24. The molecule has 59 heavy (non-hydrogen) atoms. The van der Waals surface area contributed by atoms with E-state index < -0.39 is 0 Å². The Hall–Kier alpha value is -0.400. The van der Waals surface area contributed by atoms with Crippen LogP contribution in [0.4, 0.5) is 0 Å². The van der Waals surface area contributed by atoms with E-state index in [0.29, 0.717) is 76.5 Å². The van der Waals surface area contributed by atoms with Gasteiger partial charge in [-0.1, -0.05) is 111 Å². The highest BCUT2D eigenvalue weighted by molar-refractivity contribution is 4.73. The molecule has 0 aliphatic carbocycles. The van der Waals surface area contributed by atoms with Gasteiger partial charge in [-0.3, -0.25) is 9.80 Å². The van der Waals surface area contributed by atoms with E-state index >= 15 is 0 Å². The number of nitrogens with zero attached hydrogens (tertiary/aromatic N) is 2. The van der Waals surface area contributed by atoms with Crippen molar-refractivity contribution >= 4 is 0 Å². The summed E-state index contributed by atoms with van der Waals surface area (Å²) < 4.78 is 49.4. The Morgan fingerprint density at radius 2 is 0.492 bits per heavy atom. The molecular weight excluding hydrogens is 745 g/mol. The molecule has 0 heterocycles. The van der Waals surface area contributed by atoms with E-state index in [1.165, 1.54) is 0 Å². The summed E-state index contributed by atoms with van der Waals surface area (Å²) in [7, 11) is 0. The third-order valence-electron chi connectivity index (χ3n) is 12.5. The molecule has 0 saturated heterocycles. The molecule has 0 saturated carbocycles. The van der Waals surface area contributed by atoms with Crippen LogP contribution in [-0.2, 0) is 37.9 Å². The van der Waals surface area contributed by atoms with Crippen LogP contribution in [0.3, 0.4) is 0 Å². The lowest BCUT2D eigenvalue weighted by atomic mass is 9.83. The second-order valence-corrected chi connectivity index (χ2v) is 22.3. The van der Waals surface area contributed by atoms with Gasteiger partial charge in [-0.15, -0.1) is 0 Å². The van der Waals surface area contributed by atoms with Gasteiger partial charge in [-0.2, -0.15) is 0 Å². The Morgan fingerprint density at radius 3 is 0.661 bits per heavy atom. The number of ether oxygens (including phenoxy) is 8. The lowest BCUT2D eigenvalue weighted by molar-refractivity contribution is -0.0512. The van der Waals surface area contributed by atoms with Crippen LogP contribution in [0.15, 0.2) is 0 Å². The monoisotopic (exact) mass is 847 g/mol. The van der Waals surface area contributed by atoms with Crippen molar-refractivity contribution < 1.29 is 37.9 Å². The van der Waals surface area contributed by atoms with Crippen molar-refractivity contribution in [1.82, 2.24) is 9.80 Å². The average Bonchev–Trinajstić information content (AvgIpc) is 3.12. The Balaban J connectivity index is 5.52. The minimum atomic E-state index is 0.0379. The first-order valence-corrected chi connectivity index (χ1v) is 23.3. The van der Waals surface area contributed by atoms with Crippen LogP contribution in [0.1, 0.15) is 138 Å². The van der Waals surface area contributed by atoms with Crippen molar-refractivity contribution in [2.45, 2.75) is 163 Å². The van der Waals surface area contributed by atoms with Crippen molar-refractivity contribution in [3.05, 3.63) is 0 Å². The number of hydrogen-bond acceptors (Lipinski definition) is 10. The maximum Gasteiger partial charge on any atom is 0.0780 e. The van der Waals surface area contributed by atoms with Gasteiger partial charge in [-0.25, -0.2) is 0 Å². The predicted octanol–water partition coefficient (Wildman–Crippen LogP) is 9.96. The van der Waals surface area contributed by atoms with E-state index in [0.717, 1.165) is 59.3 Å². The number of rotatable bonds is 34. The Labute approximate surface area is 367 Å². The molecule has 0 radical (unpaired) electrons. The van der Waals surface area contributed by atoms with E-state index in [1.807, 2.05) is 0 Å². The van der Waals surface area contributed by atoms with Gasteiger partial charge in [0, 0.05) is 26.2 Å². The molecule has 0 aromatic rings. The summed E-state index contributed by atoms with van der Waals surface area (Å²) >= 11 is 0. The van der Waals surface area contributed by atoms with Crippen LogP contribution in [0.25, 0.3) is 0 Å². The van der Waals surface area contributed by atoms with Gasteiger partial charge in [0.1, 0.15) is 0 Å². The molecule has 0 N–H and O–H groups in total. The molecule has 0 spiro atoms. The smallest absolute Gasteiger partial charge is 0.0780 e. The van der Waals surface area contributed by atoms with Gasteiger partial charge in [0.2, 0.25) is 0 Å². The molecule has 10 nitrogen and oxygen atoms in total. The van der Waals surface area contributed by atoms with Crippen molar-refractivity contribution in [1.29, 1.82) is 0 Å². The molecular formula is C49H102N2O8. The van der Waals surface area contributed by atoms with Crippen molar-refractivity contribution in [2.24, 2.45) is 45.3 Å². The highest BCUT2D eigenvalue weighted by atomic mass is 16.5. The molecule has 10 heteroatoms. The summed E-state index contributed by atoms with van der Waals surface area (Å²) in [5, 5.41) is 0. The first-order valence-electron chi connectivity index (χ1n) is 23.3. The zero-order valence-electron chi connectivity index (χ0n) is 42.8. The standard InChI is InChI=1S/C49H102N2O8/c1-38(46(9,10)11)29-56-42(5)33-52-25-21-50(22-26-53-34-43(6)57-30-39(2)47(12,13)14)37-51(23-27-54-35-44(7)58-31-40(3)48(15,16)17)24-28-55-36-45(8)59-32-41(4)49(18,19)20/h38-45H,21-37H2,1-20H3. The van der Waals surface area contributed by atoms with E-state index in [-0.39, 0.29) is 46.1 Å². The molecule has 8 unspecified atom stereocenters. The second kappa shape index (κ2) is 29.9. The summed E-state index contributed by atoms with van der Waals surface area (Å²) in [4.78, 5) is 4.83. The summed E-state index contributed by atoms with van der Waals surface area (Å²) in [6.45, 7) is 56.0. The first kappa shape index (κ1) is 58.6. The zero-order valence-corrected chi connectivity index (χ0v) is 42.8. The van der Waals surface area contributed by atoms with Gasteiger partial charge in [0.25, 0.3) is 0 Å². The van der Waals surface area contributed by atoms with Crippen molar-refractivity contribution in [2.75, 3.05) is 112 Å². The van der Waals surface area contributed by atoms with Crippen LogP contribution in [-0.4, -0.2) is 146 Å². The molecule has 0 bridgehead atoms. The minimum Gasteiger partial charge on any atom is -0.377 e. The summed E-state index contributed by atoms with van der Waals surface area (Å²) in [5.41, 5.74) is 0.863. The highest BCUT2D eigenvalue weighted by Crippen LogP contribution is 2.28. The van der Waals surface area contributed by atoms with Gasteiger partial charge in [0.05, 0.1) is 110 Å². The summed E-state index contributed by atoms with van der Waals surface area (Å²) in [6.07, 6.45) is 0.152. The van der Waals surface area contributed by atoms with Gasteiger partial charge < -0.3 is 37.9 Å². The molecule has 0 fully saturated rings. The maximum atomic E-state index is 6.20. The van der Waals surface area contributed by atoms with Gasteiger partial charge in [0.15, 0.2) is 0 Å². The van der Waals surface area contributed by atoms with Crippen molar-refractivity contribution in [3.63, 3.8) is 0 Å². The fourth-order valence-electron chi connectivity index (χ4n) is 4.99. The molecule has 0 aliphatic heterocycles. The molecule has 0 aromatic carbocycles. The quantitative estimate of drug-likeness (QED) is 0.0462. The van der Waals surface area contributed by atoms with Crippen LogP contribution in [0.5, 0.6) is 0 Å². The Kier molecular flexibility index (Phi) is 29.7. The maximum absolute atomic E-state index is 6.20. The predicted molar refractivity (Wildman–Crippen MR) is 247 cm³/mol. The van der Waals surface area contributed by atoms with Gasteiger partial charge in [-0.05, 0) is 73.0 Å². The Bertz CT molecular complexity index is 850. The lowest BCUT2D eigenvalue weighted by Gasteiger charge is -2.31. The molecule has 356 valence electrons. The largest absolute Gasteiger partial charge is 0.377 e. The van der Waals surface area contributed by atoms with E-state index in [9.17, 15) is 0 Å². The summed E-state index contributed by atoms with van der Waals surface area (Å²) in [5.74, 6) is 1.87.